The minimum absolute atomic E-state index is 0.222. The minimum atomic E-state index is -2.41. The molecule has 0 aromatic carbocycles. The predicted octanol–water partition coefficient (Wildman–Crippen LogP) is -18.0. The van der Waals surface area contributed by atoms with E-state index < -0.39 is 342 Å². The summed E-state index contributed by atoms with van der Waals surface area (Å²) in [5.74, 6) is 0.222. The molecule has 10 rings (SSSR count). The van der Waals surface area contributed by atoms with Gasteiger partial charge < -0.3 is 228 Å². The Morgan fingerprint density at radius 3 is 0.748 bits per heavy atom. The molecule has 10 aliphatic rings. The fourth-order valence-corrected chi connectivity index (χ4v) is 14.3. The van der Waals surface area contributed by atoms with Crippen molar-refractivity contribution in [1.82, 2.24) is 0 Å². The maximum atomic E-state index is 12.5. The SMILES string of the molecule is CC1CCC(O[C@@H]2OC(CO[C@H]3OC(CO[C@H]4OC(CO)[C@@H](O)[C@H](O)C4O[C@H]4OC(CO)[C@@H](O)[C@H](O)C4O)[C@@H](O)[C@H](O[C@H]4OC(CO)[C@@H](O)C(O)C4O[C@H]4OC(CO)[C@@H](O)C(O)C4O)C3O)[C@@H](O)[C@H](O[C@H]3OC(CO)[C@@H](O)C(O)C3O[C@H]3OC(CO)[C@@H](O)C(O)C3O[C@H]3OC(CO)[C@@H](O)C(O)C3O)C2O)CC1. The van der Waals surface area contributed by atoms with Crippen LogP contribution in [0.1, 0.15) is 32.6 Å². The van der Waals surface area contributed by atoms with E-state index in [2.05, 4.69) is 0 Å². The van der Waals surface area contributed by atoms with Gasteiger partial charge in [0.25, 0.3) is 0 Å². The van der Waals surface area contributed by atoms with Gasteiger partial charge in [0.05, 0.1) is 65.6 Å². The standard InChI is InChI=1S/C61H104O46/c1-15-2-4-16(5-3-15)92-57-46(89)48(103-60-52(41(84)32(75)22(11-67)98-60)107-61-51(40(83)31(74)23(12-68)99-61)106-56-44(87)37(80)28(71)19(8-64)95-56)34(77)25(101-57)13-90-53-45(88)47(102-59-50(39(82)30(73)21(10-66)97-59)105-55-43(86)36(79)27(70)18(7-63)94-55)33(76)24(100-53)14-91-58-49(38(81)29(72)20(9-65)96-58)104-54-42(85)35(78)26(69)17(6-62)93-54/h15-89H,2-14H2,1H3/t15?,16?,17?,18?,19?,20?,21?,22?,23?,24?,25?,26-,27-,28-,29-,30-,31-,32-,33-,34-,35+,36?,37?,38+,39?,40?,41?,42?,43?,44?,45?,46?,47+,48+,49?,50?,51?,52?,53+,54-,55-,56-,57-,58+,59-,60-,61-/m1/s1. The van der Waals surface area contributed by atoms with E-state index in [9.17, 15) is 143 Å². The van der Waals surface area contributed by atoms with E-state index in [1.165, 1.54) is 0 Å². The van der Waals surface area contributed by atoms with E-state index in [0.717, 1.165) is 0 Å². The molecule has 0 radical (unpaired) electrons. The van der Waals surface area contributed by atoms with Crippen LogP contribution in [0.3, 0.4) is 0 Å². The lowest BCUT2D eigenvalue weighted by Gasteiger charge is -2.50. The van der Waals surface area contributed by atoms with Crippen molar-refractivity contribution in [1.29, 1.82) is 0 Å². The summed E-state index contributed by atoms with van der Waals surface area (Å²) < 4.78 is 106. The number of ether oxygens (including phenoxy) is 18. The molecule has 28 N–H and O–H groups in total. The zero-order valence-corrected chi connectivity index (χ0v) is 57.2. The molecule has 46 nitrogen and oxygen atoms in total. The lowest BCUT2D eigenvalue weighted by atomic mass is 9.89. The maximum Gasteiger partial charge on any atom is 0.187 e. The van der Waals surface area contributed by atoms with Gasteiger partial charge in [-0.05, 0) is 31.6 Å². The van der Waals surface area contributed by atoms with Gasteiger partial charge in [-0.15, -0.1) is 0 Å². The molecule has 10 fully saturated rings. The summed E-state index contributed by atoms with van der Waals surface area (Å²) >= 11 is 0. The normalized spacial score (nSPS) is 53.2. The van der Waals surface area contributed by atoms with E-state index in [0.29, 0.717) is 25.7 Å². The van der Waals surface area contributed by atoms with Crippen molar-refractivity contribution in [3.05, 3.63) is 0 Å². The molecule has 9 heterocycles. The Hall–Kier alpha value is -1.84. The fourth-order valence-electron chi connectivity index (χ4n) is 14.3. The monoisotopic (exact) mass is 1570 g/mol. The third kappa shape index (κ3) is 18.8. The molecule has 23 unspecified atom stereocenters. The molecule has 46 heteroatoms. The molecule has 9 aliphatic heterocycles. The third-order valence-corrected chi connectivity index (χ3v) is 21.0. The van der Waals surface area contributed by atoms with Crippen molar-refractivity contribution in [3.63, 3.8) is 0 Å². The van der Waals surface area contributed by atoms with Gasteiger partial charge in [0.2, 0.25) is 0 Å². The Morgan fingerprint density at radius 1 is 0.206 bits per heavy atom. The van der Waals surface area contributed by atoms with Gasteiger partial charge in [-0.3, -0.25) is 0 Å². The average Bonchev–Trinajstić information content (AvgIpc) is 0.773. The smallest absolute Gasteiger partial charge is 0.187 e. The average molecular weight is 1570 g/mol. The first-order chi connectivity index (χ1) is 50.8. The predicted molar refractivity (Wildman–Crippen MR) is 327 cm³/mol. The highest BCUT2D eigenvalue weighted by atomic mass is 16.8. The van der Waals surface area contributed by atoms with Crippen LogP contribution >= 0.6 is 0 Å². The summed E-state index contributed by atoms with van der Waals surface area (Å²) in [6.45, 7) is -7.32. The second kappa shape index (κ2) is 38.3. The van der Waals surface area contributed by atoms with Gasteiger partial charge in [0.15, 0.2) is 56.6 Å². The molecular formula is C61H104O46. The number of rotatable bonds is 27. The van der Waals surface area contributed by atoms with Crippen LogP contribution in [0.2, 0.25) is 0 Å². The van der Waals surface area contributed by atoms with Crippen LogP contribution in [0.4, 0.5) is 0 Å². The molecule has 0 aromatic rings. The summed E-state index contributed by atoms with van der Waals surface area (Å²) in [5.41, 5.74) is 0. The Morgan fingerprint density at radius 2 is 0.430 bits per heavy atom. The summed E-state index contributed by atoms with van der Waals surface area (Å²) in [6, 6.07) is 0. The highest BCUT2D eigenvalue weighted by Gasteiger charge is 2.60. The van der Waals surface area contributed by atoms with E-state index in [1.54, 1.807) is 0 Å². The van der Waals surface area contributed by atoms with Gasteiger partial charge in [-0.25, -0.2) is 0 Å². The highest BCUT2D eigenvalue weighted by Crippen LogP contribution is 2.40. The molecule has 9 saturated heterocycles. The molecule has 1 aliphatic carbocycles. The van der Waals surface area contributed by atoms with Crippen molar-refractivity contribution in [2.75, 3.05) is 59.5 Å². The zero-order chi connectivity index (χ0) is 78.1. The van der Waals surface area contributed by atoms with Crippen LogP contribution in [-0.4, -0.2) is 485 Å². The van der Waals surface area contributed by atoms with Crippen molar-refractivity contribution in [2.24, 2.45) is 5.92 Å². The van der Waals surface area contributed by atoms with Crippen molar-refractivity contribution >= 4 is 0 Å². The summed E-state index contributed by atoms with van der Waals surface area (Å²) in [5, 5.41) is 307. The van der Waals surface area contributed by atoms with Gasteiger partial charge in [-0.2, -0.15) is 0 Å². The number of aliphatic hydroxyl groups is 28. The Labute approximate surface area is 607 Å². The van der Waals surface area contributed by atoms with Crippen LogP contribution < -0.4 is 0 Å². The molecule has 0 spiro atoms. The topological polar surface area (TPSA) is 733 Å². The van der Waals surface area contributed by atoms with Gasteiger partial charge >= 0.3 is 0 Å². The molecule has 45 atom stereocenters. The third-order valence-electron chi connectivity index (χ3n) is 21.0. The first-order valence-electron chi connectivity index (χ1n) is 35.1. The molecule has 1 saturated carbocycles. The van der Waals surface area contributed by atoms with Crippen molar-refractivity contribution in [2.45, 2.75) is 315 Å². The number of aliphatic hydroxyl groups excluding tert-OH is 28. The molecule has 0 amide bonds. The molecular weight excluding hydrogens is 1470 g/mol. The maximum absolute atomic E-state index is 12.5. The zero-order valence-electron chi connectivity index (χ0n) is 57.2. The lowest BCUT2D eigenvalue weighted by Crippen LogP contribution is -2.68. The second-order valence-electron chi connectivity index (χ2n) is 28.3. The van der Waals surface area contributed by atoms with Crippen molar-refractivity contribution in [3.8, 4) is 0 Å². The molecule has 0 bridgehead atoms. The molecule has 624 valence electrons. The van der Waals surface area contributed by atoms with Crippen LogP contribution in [-0.2, 0) is 85.3 Å². The Bertz CT molecular complexity index is 2650. The van der Waals surface area contributed by atoms with Crippen LogP contribution in [0, 0.1) is 5.92 Å². The summed E-state index contributed by atoms with van der Waals surface area (Å²) in [7, 11) is 0. The lowest BCUT2D eigenvalue weighted by molar-refractivity contribution is -0.406. The first kappa shape index (κ1) is 87.5. The molecule has 0 aromatic heterocycles. The number of hydrogen-bond donors (Lipinski definition) is 28. The van der Waals surface area contributed by atoms with E-state index in [1.807, 2.05) is 6.92 Å². The first-order valence-corrected chi connectivity index (χ1v) is 35.1. The van der Waals surface area contributed by atoms with E-state index in [4.69, 9.17) is 85.3 Å². The fraction of sp³-hybridized carbons (Fsp3) is 1.00. The van der Waals surface area contributed by atoms with Gasteiger partial charge in [0.1, 0.15) is 220 Å². The Balaban J connectivity index is 0.959. The van der Waals surface area contributed by atoms with E-state index >= 15 is 0 Å². The van der Waals surface area contributed by atoms with Gasteiger partial charge in [-0.1, -0.05) is 6.92 Å². The summed E-state index contributed by atoms with van der Waals surface area (Å²) in [6.07, 6.45) is -91.5. The highest BCUT2D eigenvalue weighted by molar-refractivity contribution is 5.02. The van der Waals surface area contributed by atoms with Crippen LogP contribution in [0.15, 0.2) is 0 Å². The van der Waals surface area contributed by atoms with E-state index in [-0.39, 0.29) is 5.92 Å². The van der Waals surface area contributed by atoms with Gasteiger partial charge in [0, 0.05) is 0 Å². The largest absolute Gasteiger partial charge is 0.394 e. The van der Waals surface area contributed by atoms with Crippen LogP contribution in [0.5, 0.6) is 0 Å². The summed E-state index contributed by atoms with van der Waals surface area (Å²) in [4.78, 5) is 0. The number of hydrogen-bond acceptors (Lipinski definition) is 46. The quantitative estimate of drug-likeness (QED) is 0.0363. The molecule has 107 heavy (non-hydrogen) atoms. The second-order valence-corrected chi connectivity index (χ2v) is 28.3. The Kier molecular flexibility index (Phi) is 31.3. The minimum Gasteiger partial charge on any atom is -0.394 e. The van der Waals surface area contributed by atoms with Crippen molar-refractivity contribution < 1.29 is 228 Å². The van der Waals surface area contributed by atoms with Crippen LogP contribution in [0.25, 0.3) is 0 Å².